The number of hydrogen-bond acceptors (Lipinski definition) is 4. The van der Waals surface area contributed by atoms with Crippen molar-refractivity contribution in [3.8, 4) is 0 Å². The fourth-order valence-electron chi connectivity index (χ4n) is 4.17. The smallest absolute Gasteiger partial charge is 0.264 e. The summed E-state index contributed by atoms with van der Waals surface area (Å²) in [5, 5.41) is 3.63. The van der Waals surface area contributed by atoms with Crippen LogP contribution >= 0.6 is 23.2 Å². The van der Waals surface area contributed by atoms with Crippen LogP contribution in [0, 0.1) is 12.7 Å². The molecule has 1 N–H and O–H groups in total. The van der Waals surface area contributed by atoms with Crippen molar-refractivity contribution in [2.45, 2.75) is 64.1 Å². The highest BCUT2D eigenvalue weighted by atomic mass is 35.5. The highest BCUT2D eigenvalue weighted by molar-refractivity contribution is 7.92. The first-order chi connectivity index (χ1) is 19.4. The van der Waals surface area contributed by atoms with Gasteiger partial charge in [0.25, 0.3) is 10.0 Å². The van der Waals surface area contributed by atoms with E-state index >= 15 is 0 Å². The topological polar surface area (TPSA) is 86.8 Å². The predicted octanol–water partition coefficient (Wildman–Crippen LogP) is 6.36. The average molecular weight is 623 g/mol. The minimum Gasteiger partial charge on any atom is -0.352 e. The summed E-state index contributed by atoms with van der Waals surface area (Å²) in [6.45, 7) is 6.68. The summed E-state index contributed by atoms with van der Waals surface area (Å²) in [6, 6.07) is 14.8. The minimum absolute atomic E-state index is 0.0333. The zero-order chi connectivity index (χ0) is 30.3. The summed E-state index contributed by atoms with van der Waals surface area (Å²) in [6.07, 6.45) is 0.951. The highest BCUT2D eigenvalue weighted by Gasteiger charge is 2.34. The maximum atomic E-state index is 14.1. The lowest BCUT2D eigenvalue weighted by molar-refractivity contribution is -0.140. The molecule has 0 heterocycles. The first-order valence-electron chi connectivity index (χ1n) is 13.3. The molecule has 0 saturated carbocycles. The molecule has 220 valence electrons. The zero-order valence-corrected chi connectivity index (χ0v) is 25.7. The molecule has 0 aliphatic carbocycles. The molecule has 7 nitrogen and oxygen atoms in total. The molecule has 2 amide bonds. The third-order valence-corrected chi connectivity index (χ3v) is 9.12. The number of halogens is 3. The van der Waals surface area contributed by atoms with Gasteiger partial charge in [-0.05, 0) is 80.8 Å². The average Bonchev–Trinajstić information content (AvgIpc) is 2.93. The van der Waals surface area contributed by atoms with Crippen LogP contribution in [0.1, 0.15) is 44.7 Å². The number of nitrogens with one attached hydrogen (secondary N) is 1. The molecule has 2 unspecified atom stereocenters. The van der Waals surface area contributed by atoms with Crippen molar-refractivity contribution in [3.63, 3.8) is 0 Å². The van der Waals surface area contributed by atoms with Crippen LogP contribution in [0.15, 0.2) is 71.6 Å². The fraction of sp³-hybridized carbons (Fsp3) is 0.333. The molecule has 2 atom stereocenters. The number of rotatable bonds is 12. The van der Waals surface area contributed by atoms with E-state index in [1.165, 1.54) is 35.2 Å². The number of carbonyl (C=O) groups is 2. The lowest BCUT2D eigenvalue weighted by Crippen LogP contribution is -2.53. The van der Waals surface area contributed by atoms with E-state index in [-0.39, 0.29) is 35.5 Å². The van der Waals surface area contributed by atoms with E-state index in [1.54, 1.807) is 31.2 Å². The standard InChI is InChI=1S/C30H34Cl2FN3O4S/c1-5-21(4)34-30(38)28(6-2)35(18-22-9-10-23(31)17-27(22)32)29(37)19-36(25-13-11-24(33)12-14-25)41(39,40)26-15-7-20(3)8-16-26/h7-17,21,28H,5-6,18-19H2,1-4H3,(H,34,38). The Morgan fingerprint density at radius 2 is 1.59 bits per heavy atom. The predicted molar refractivity (Wildman–Crippen MR) is 161 cm³/mol. The second-order valence-electron chi connectivity index (χ2n) is 9.80. The molecule has 3 aromatic carbocycles. The Morgan fingerprint density at radius 1 is 0.951 bits per heavy atom. The van der Waals surface area contributed by atoms with Gasteiger partial charge in [-0.3, -0.25) is 13.9 Å². The van der Waals surface area contributed by atoms with E-state index < -0.39 is 34.3 Å². The molecule has 0 aliphatic heterocycles. The van der Waals surface area contributed by atoms with Gasteiger partial charge in [0.15, 0.2) is 0 Å². The molecule has 41 heavy (non-hydrogen) atoms. The van der Waals surface area contributed by atoms with E-state index in [0.29, 0.717) is 22.0 Å². The number of carbonyl (C=O) groups excluding carboxylic acids is 2. The summed E-state index contributed by atoms with van der Waals surface area (Å²) in [7, 11) is -4.26. The van der Waals surface area contributed by atoms with Gasteiger partial charge in [0.2, 0.25) is 11.8 Å². The van der Waals surface area contributed by atoms with Gasteiger partial charge in [-0.15, -0.1) is 0 Å². The molecule has 0 saturated heterocycles. The van der Waals surface area contributed by atoms with Gasteiger partial charge in [0, 0.05) is 22.6 Å². The first-order valence-corrected chi connectivity index (χ1v) is 15.5. The van der Waals surface area contributed by atoms with Crippen LogP contribution in [0.2, 0.25) is 10.0 Å². The van der Waals surface area contributed by atoms with Crippen molar-refractivity contribution in [1.29, 1.82) is 0 Å². The van der Waals surface area contributed by atoms with Gasteiger partial charge in [0.1, 0.15) is 18.4 Å². The molecule has 0 bridgehead atoms. The first kappa shape index (κ1) is 32.4. The number of sulfonamides is 1. The van der Waals surface area contributed by atoms with Crippen molar-refractivity contribution in [3.05, 3.63) is 93.7 Å². The number of anilines is 1. The third-order valence-electron chi connectivity index (χ3n) is 6.75. The molecular formula is C30H34Cl2FN3O4S. The van der Waals surface area contributed by atoms with Crippen LogP contribution in [-0.4, -0.2) is 43.8 Å². The Hall–Kier alpha value is -3.14. The molecule has 0 radical (unpaired) electrons. The van der Waals surface area contributed by atoms with Gasteiger partial charge in [0.05, 0.1) is 10.6 Å². The summed E-state index contributed by atoms with van der Waals surface area (Å²) >= 11 is 12.5. The molecule has 0 aromatic heterocycles. The lowest BCUT2D eigenvalue weighted by atomic mass is 10.1. The number of hydrogen-bond donors (Lipinski definition) is 1. The molecule has 3 rings (SSSR count). The van der Waals surface area contributed by atoms with Gasteiger partial charge in [-0.1, -0.05) is 60.8 Å². The molecule has 0 spiro atoms. The number of aryl methyl sites for hydroxylation is 1. The molecule has 0 aliphatic rings. The van der Waals surface area contributed by atoms with Crippen LogP contribution in [0.25, 0.3) is 0 Å². The molecule has 0 fully saturated rings. The van der Waals surface area contributed by atoms with Crippen LogP contribution in [0.4, 0.5) is 10.1 Å². The minimum atomic E-state index is -4.26. The fourth-order valence-corrected chi connectivity index (χ4v) is 6.05. The second-order valence-corrected chi connectivity index (χ2v) is 12.5. The monoisotopic (exact) mass is 621 g/mol. The van der Waals surface area contributed by atoms with E-state index in [9.17, 15) is 22.4 Å². The van der Waals surface area contributed by atoms with Crippen LogP contribution in [0.5, 0.6) is 0 Å². The Balaban J connectivity index is 2.08. The molecule has 3 aromatic rings. The van der Waals surface area contributed by atoms with Gasteiger partial charge in [-0.2, -0.15) is 0 Å². The normalized spacial score (nSPS) is 12.9. The highest BCUT2D eigenvalue weighted by Crippen LogP contribution is 2.27. The Labute approximate surface area is 251 Å². The number of amides is 2. The van der Waals surface area contributed by atoms with E-state index in [2.05, 4.69) is 5.32 Å². The molecular weight excluding hydrogens is 588 g/mol. The van der Waals surface area contributed by atoms with Gasteiger partial charge in [-0.25, -0.2) is 12.8 Å². The van der Waals surface area contributed by atoms with Crippen LogP contribution in [0.3, 0.4) is 0 Å². The molecule has 11 heteroatoms. The Morgan fingerprint density at radius 3 is 2.15 bits per heavy atom. The zero-order valence-electron chi connectivity index (χ0n) is 23.4. The van der Waals surface area contributed by atoms with E-state index in [0.717, 1.165) is 22.0 Å². The van der Waals surface area contributed by atoms with E-state index in [1.807, 2.05) is 20.8 Å². The van der Waals surface area contributed by atoms with Crippen molar-refractivity contribution < 1.29 is 22.4 Å². The SMILES string of the molecule is CCC(C)NC(=O)C(CC)N(Cc1ccc(Cl)cc1Cl)C(=O)CN(c1ccc(F)cc1)S(=O)(=O)c1ccc(C)cc1. The van der Waals surface area contributed by atoms with Crippen molar-refractivity contribution in [2.75, 3.05) is 10.8 Å². The largest absolute Gasteiger partial charge is 0.352 e. The van der Waals surface area contributed by atoms with Crippen molar-refractivity contribution >= 4 is 50.7 Å². The summed E-state index contributed by atoms with van der Waals surface area (Å²) < 4.78 is 42.4. The number of benzene rings is 3. The van der Waals surface area contributed by atoms with E-state index in [4.69, 9.17) is 23.2 Å². The maximum Gasteiger partial charge on any atom is 0.264 e. The van der Waals surface area contributed by atoms with Gasteiger partial charge >= 0.3 is 0 Å². The Kier molecular flexibility index (Phi) is 11.2. The van der Waals surface area contributed by atoms with Crippen molar-refractivity contribution in [2.24, 2.45) is 0 Å². The number of nitrogens with zero attached hydrogens (tertiary/aromatic N) is 2. The van der Waals surface area contributed by atoms with Crippen LogP contribution < -0.4 is 9.62 Å². The van der Waals surface area contributed by atoms with Gasteiger partial charge < -0.3 is 10.2 Å². The second kappa shape index (κ2) is 14.2. The quantitative estimate of drug-likeness (QED) is 0.255. The summed E-state index contributed by atoms with van der Waals surface area (Å²) in [5.74, 6) is -1.56. The maximum absolute atomic E-state index is 14.1. The summed E-state index contributed by atoms with van der Waals surface area (Å²) in [5.41, 5.74) is 1.49. The lowest BCUT2D eigenvalue weighted by Gasteiger charge is -2.34. The van der Waals surface area contributed by atoms with Crippen molar-refractivity contribution in [1.82, 2.24) is 10.2 Å². The van der Waals surface area contributed by atoms with Crippen LogP contribution in [-0.2, 0) is 26.2 Å². The summed E-state index contributed by atoms with van der Waals surface area (Å²) in [4.78, 5) is 28.7. The Bertz CT molecular complexity index is 1470. The third kappa shape index (κ3) is 8.21.